The number of hydrogen-bond acceptors (Lipinski definition) is 10. The van der Waals surface area contributed by atoms with Crippen LogP contribution in [-0.2, 0) is 50.7 Å². The van der Waals surface area contributed by atoms with Crippen molar-refractivity contribution in [3.8, 4) is 0 Å². The molecule has 312 valence electrons. The number of phosphoric acid groups is 1. The molecule has 0 aliphatic carbocycles. The van der Waals surface area contributed by atoms with Gasteiger partial charge in [0.25, 0.3) is 0 Å². The molecule has 4 amide bonds. The van der Waals surface area contributed by atoms with Crippen molar-refractivity contribution < 1.29 is 52.7 Å². The number of carbonyl (C=O) groups is 6. The first-order chi connectivity index (χ1) is 26.4. The van der Waals surface area contributed by atoms with Gasteiger partial charge in [0.05, 0.1) is 43.5 Å². The Morgan fingerprint density at radius 2 is 1.57 bits per heavy atom. The number of nitrogens with one attached hydrogen (secondary N) is 3. The number of aliphatic hydroxyl groups is 1. The van der Waals surface area contributed by atoms with Gasteiger partial charge in [0.1, 0.15) is 6.04 Å². The summed E-state index contributed by atoms with van der Waals surface area (Å²) in [5, 5.41) is 15.2. The standard InChI is InChI=1S/C38H59N6O11P/c1-25(2)17-32(42-36(49)22-44(27(4)46)16-12-7-5-6-9-13-28-14-10-8-11-15-28)34(47)19-29(18-30-21-40-24-41-30)38(51)43-33(23-45)35(48)20-31(37(39)50)26(3)55-56(52,53)54/h8,10-11,14-15,21,24-26,29,31-33,45H,5-7,9,12-13,16-20,22-23H2,1-4H3,(H2,39,50)(H,40,41)(H,42,49)(H,43,51)(H2,52,53,54)/t26-,29-,31+,32+,33+/m1/s1. The van der Waals surface area contributed by atoms with Crippen LogP contribution in [0.3, 0.4) is 0 Å². The number of imidazole rings is 1. The average Bonchev–Trinajstić information content (AvgIpc) is 3.63. The predicted octanol–water partition coefficient (Wildman–Crippen LogP) is 2.14. The molecule has 5 atom stereocenters. The second-order valence-corrected chi connectivity index (χ2v) is 15.8. The summed E-state index contributed by atoms with van der Waals surface area (Å²) in [4.78, 5) is 105. The molecule has 8 N–H and O–H groups in total. The summed E-state index contributed by atoms with van der Waals surface area (Å²) < 4.78 is 15.8. The van der Waals surface area contributed by atoms with E-state index in [2.05, 4.69) is 37.3 Å². The number of aromatic nitrogens is 2. The lowest BCUT2D eigenvalue weighted by Crippen LogP contribution is -2.50. The molecule has 56 heavy (non-hydrogen) atoms. The van der Waals surface area contributed by atoms with Gasteiger partial charge in [-0.15, -0.1) is 0 Å². The van der Waals surface area contributed by atoms with Gasteiger partial charge in [0.2, 0.25) is 23.6 Å². The number of aromatic amines is 1. The van der Waals surface area contributed by atoms with E-state index in [-0.39, 0.29) is 37.6 Å². The molecule has 0 radical (unpaired) electrons. The molecule has 2 aromatic rings. The Morgan fingerprint density at radius 3 is 2.14 bits per heavy atom. The van der Waals surface area contributed by atoms with E-state index in [1.54, 1.807) is 0 Å². The molecule has 0 saturated carbocycles. The van der Waals surface area contributed by atoms with Crippen LogP contribution in [0.5, 0.6) is 0 Å². The molecule has 2 rings (SSSR count). The van der Waals surface area contributed by atoms with Crippen LogP contribution in [0.25, 0.3) is 0 Å². The van der Waals surface area contributed by atoms with Crippen LogP contribution in [0, 0.1) is 17.8 Å². The lowest BCUT2D eigenvalue weighted by molar-refractivity contribution is -0.137. The Labute approximate surface area is 328 Å². The number of nitrogens with two attached hydrogens (primary N) is 1. The number of primary amides is 1. The zero-order chi connectivity index (χ0) is 41.8. The van der Waals surface area contributed by atoms with Gasteiger partial charge in [-0.1, -0.05) is 63.4 Å². The minimum Gasteiger partial charge on any atom is -0.394 e. The third-order valence-corrected chi connectivity index (χ3v) is 9.94. The van der Waals surface area contributed by atoms with Gasteiger partial charge >= 0.3 is 7.82 Å². The molecule has 1 aromatic heterocycles. The number of phosphoric ester groups is 1. The second-order valence-electron chi connectivity index (χ2n) is 14.6. The Morgan fingerprint density at radius 1 is 0.929 bits per heavy atom. The van der Waals surface area contributed by atoms with Crippen LogP contribution in [0.15, 0.2) is 42.9 Å². The second kappa shape index (κ2) is 24.4. The first kappa shape index (κ1) is 47.9. The lowest BCUT2D eigenvalue weighted by Gasteiger charge is -2.26. The zero-order valence-corrected chi connectivity index (χ0v) is 33.6. The monoisotopic (exact) mass is 806 g/mol. The molecule has 0 aliphatic rings. The van der Waals surface area contributed by atoms with E-state index in [4.69, 9.17) is 15.5 Å². The van der Waals surface area contributed by atoms with Crippen molar-refractivity contribution in [2.75, 3.05) is 19.7 Å². The highest BCUT2D eigenvalue weighted by Crippen LogP contribution is 2.39. The summed E-state index contributed by atoms with van der Waals surface area (Å²) in [6.07, 6.45) is 6.20. The number of amides is 4. The van der Waals surface area contributed by atoms with E-state index in [1.165, 1.54) is 29.9 Å². The molecule has 1 aromatic carbocycles. The number of Topliss-reactive ketones (excluding diaryl/α,β-unsaturated/α-hetero) is 2. The Balaban J connectivity index is 2.07. The average molecular weight is 807 g/mol. The normalized spacial score (nSPS) is 14.3. The molecular formula is C38H59N6O11P. The van der Waals surface area contributed by atoms with Crippen molar-refractivity contribution in [2.45, 2.75) is 110 Å². The fourth-order valence-electron chi connectivity index (χ4n) is 6.28. The van der Waals surface area contributed by atoms with Crippen LogP contribution in [0.2, 0.25) is 0 Å². The van der Waals surface area contributed by atoms with E-state index < -0.39 is 80.2 Å². The highest BCUT2D eigenvalue weighted by atomic mass is 31.2. The number of rotatable bonds is 28. The zero-order valence-electron chi connectivity index (χ0n) is 32.7. The number of H-pyrrole nitrogens is 1. The summed E-state index contributed by atoms with van der Waals surface area (Å²) in [6, 6.07) is 7.69. The summed E-state index contributed by atoms with van der Waals surface area (Å²) in [5.74, 6) is -6.69. The van der Waals surface area contributed by atoms with Crippen molar-refractivity contribution in [3.63, 3.8) is 0 Å². The van der Waals surface area contributed by atoms with E-state index in [1.807, 2.05) is 32.0 Å². The highest BCUT2D eigenvalue weighted by Gasteiger charge is 2.35. The molecule has 0 spiro atoms. The third kappa shape index (κ3) is 18.6. The summed E-state index contributed by atoms with van der Waals surface area (Å²) in [7, 11) is -5.04. The van der Waals surface area contributed by atoms with E-state index in [0.29, 0.717) is 12.2 Å². The van der Waals surface area contributed by atoms with Gasteiger partial charge in [-0.05, 0) is 44.1 Å². The summed E-state index contributed by atoms with van der Waals surface area (Å²) in [6.45, 7) is 5.50. The fourth-order valence-corrected chi connectivity index (χ4v) is 6.86. The van der Waals surface area contributed by atoms with Gasteiger partial charge in [0, 0.05) is 44.6 Å². The molecule has 0 unspecified atom stereocenters. The molecule has 18 heteroatoms. The molecule has 1 heterocycles. The topological polar surface area (TPSA) is 271 Å². The first-order valence-corrected chi connectivity index (χ1v) is 20.5. The number of unbranched alkanes of at least 4 members (excludes halogenated alkanes) is 4. The van der Waals surface area contributed by atoms with Gasteiger partial charge in [-0.2, -0.15) is 0 Å². The minimum absolute atomic E-state index is 0.0340. The maximum absolute atomic E-state index is 13.8. The molecule has 0 saturated heterocycles. The quantitative estimate of drug-likeness (QED) is 0.0482. The SMILES string of the molecule is CC(=O)N(CCCCCCCc1ccccc1)CC(=O)N[C@@H](CC(C)C)C(=O)C[C@@H](Cc1cnc[nH]1)C(=O)N[C@@H](CO)C(=O)C[C@H](C(N)=O)[C@@H](C)OP(=O)(O)O. The van der Waals surface area contributed by atoms with E-state index in [9.17, 15) is 38.4 Å². The molecule has 17 nitrogen and oxygen atoms in total. The van der Waals surface area contributed by atoms with Crippen LogP contribution >= 0.6 is 7.82 Å². The van der Waals surface area contributed by atoms with Crippen LogP contribution in [-0.4, -0.2) is 103 Å². The number of nitrogens with zero attached hydrogens (tertiary/aromatic N) is 2. The Hall–Kier alpha value is -4.28. The largest absolute Gasteiger partial charge is 0.469 e. The minimum atomic E-state index is -5.04. The third-order valence-electron chi connectivity index (χ3n) is 9.33. The summed E-state index contributed by atoms with van der Waals surface area (Å²) >= 11 is 0. The smallest absolute Gasteiger partial charge is 0.394 e. The van der Waals surface area contributed by atoms with E-state index in [0.717, 1.165) is 45.4 Å². The van der Waals surface area contributed by atoms with E-state index >= 15 is 0 Å². The van der Waals surface area contributed by atoms with Crippen molar-refractivity contribution in [1.29, 1.82) is 0 Å². The van der Waals surface area contributed by atoms with Crippen molar-refractivity contribution >= 4 is 43.0 Å². The van der Waals surface area contributed by atoms with Gasteiger partial charge in [0.15, 0.2) is 11.6 Å². The maximum atomic E-state index is 13.8. The summed E-state index contributed by atoms with van der Waals surface area (Å²) in [5.41, 5.74) is 7.14. The van der Waals surface area contributed by atoms with Gasteiger partial charge in [-0.3, -0.25) is 33.3 Å². The van der Waals surface area contributed by atoms with Crippen LogP contribution in [0.1, 0.15) is 90.3 Å². The number of ketones is 2. The fraction of sp³-hybridized carbons (Fsp3) is 0.605. The Kier molecular flexibility index (Phi) is 20.8. The molecule has 0 fully saturated rings. The van der Waals surface area contributed by atoms with Gasteiger partial charge < -0.3 is 41.1 Å². The number of carbonyl (C=O) groups excluding carboxylic acids is 6. The number of benzene rings is 1. The number of aliphatic hydroxyl groups excluding tert-OH is 1. The first-order valence-electron chi connectivity index (χ1n) is 19.0. The molecular weight excluding hydrogens is 747 g/mol. The number of aryl methyl sites for hydroxylation is 1. The van der Waals surface area contributed by atoms with Crippen LogP contribution < -0.4 is 16.4 Å². The van der Waals surface area contributed by atoms with Crippen molar-refractivity contribution in [1.82, 2.24) is 25.5 Å². The molecule has 0 bridgehead atoms. The maximum Gasteiger partial charge on any atom is 0.469 e. The number of hydrogen-bond donors (Lipinski definition) is 7. The van der Waals surface area contributed by atoms with Crippen molar-refractivity contribution in [3.05, 3.63) is 54.1 Å². The highest BCUT2D eigenvalue weighted by molar-refractivity contribution is 7.46. The van der Waals surface area contributed by atoms with Crippen LogP contribution in [0.4, 0.5) is 0 Å². The predicted molar refractivity (Wildman–Crippen MR) is 206 cm³/mol. The molecule has 0 aliphatic heterocycles. The lowest BCUT2D eigenvalue weighted by atomic mass is 9.89. The van der Waals surface area contributed by atoms with Gasteiger partial charge in [-0.25, -0.2) is 9.55 Å². The van der Waals surface area contributed by atoms with Crippen molar-refractivity contribution in [2.24, 2.45) is 23.5 Å². The Bertz CT molecular complexity index is 1600.